The van der Waals surface area contributed by atoms with Gasteiger partial charge in [-0.2, -0.15) is 0 Å². The maximum atomic E-state index is 14.3. The number of halogens is 1. The predicted octanol–water partition coefficient (Wildman–Crippen LogP) is 3.06. The van der Waals surface area contributed by atoms with Crippen LogP contribution in [0.15, 0.2) is 42.6 Å². The highest BCUT2D eigenvalue weighted by Crippen LogP contribution is 2.48. The van der Waals surface area contributed by atoms with Crippen molar-refractivity contribution in [2.45, 2.75) is 87.3 Å². The highest BCUT2D eigenvalue weighted by molar-refractivity contribution is 7.91. The number of pyridine rings is 1. The monoisotopic (exact) mass is 729 g/mol. The summed E-state index contributed by atoms with van der Waals surface area (Å²) in [6, 6.07) is 4.56. The minimum atomic E-state index is -4.38. The van der Waals surface area contributed by atoms with Crippen molar-refractivity contribution in [3.8, 4) is 11.5 Å². The summed E-state index contributed by atoms with van der Waals surface area (Å²) in [5.41, 5.74) is -1.06. The third-order valence-electron chi connectivity index (χ3n) is 10.7. The Labute approximate surface area is 295 Å². The summed E-state index contributed by atoms with van der Waals surface area (Å²) < 4.78 is 52.0. The summed E-state index contributed by atoms with van der Waals surface area (Å²) in [6.45, 7) is 2.58. The number of nitrogens with one attached hydrogen (secondary N) is 3. The molecule has 2 saturated carbocycles. The molecule has 2 aliphatic heterocycles. The standard InChI is InChI=1S/C35H44FN5O9S/c1-20-6-4-5-7-22-17-35(22,32(44)40-51(47,48)34(19-36)11-12-34)39-30(42)27-16-24(18-41(27)31(43)29(21(2)14-20)38-33(45)46)50-28-10-13-37-26-15-23(49-3)8-9-25(26)28/h5,7-10,13,15,20-22,24,27,29,38H,4,6,11-12,14,16-19H2,1-3H3,(H,39,42)(H,40,44)(H,45,46)/t20-,21-,22-,24-,27+,29+,35-/m1/s1. The number of carboxylic acid groups (broad SMARTS) is 1. The molecule has 3 heterocycles. The molecule has 51 heavy (non-hydrogen) atoms. The number of hydrogen-bond acceptors (Lipinski definition) is 9. The lowest BCUT2D eigenvalue weighted by Crippen LogP contribution is -2.59. The number of allylic oxidation sites excluding steroid dienone is 1. The van der Waals surface area contributed by atoms with Crippen LogP contribution in [0.25, 0.3) is 10.9 Å². The highest BCUT2D eigenvalue weighted by atomic mass is 32.2. The van der Waals surface area contributed by atoms with Crippen molar-refractivity contribution in [1.82, 2.24) is 25.2 Å². The Balaban J connectivity index is 1.33. The van der Waals surface area contributed by atoms with Crippen molar-refractivity contribution in [1.29, 1.82) is 0 Å². The molecule has 2 aromatic rings. The average molecular weight is 730 g/mol. The number of ether oxygens (including phenoxy) is 2. The molecular weight excluding hydrogens is 685 g/mol. The van der Waals surface area contributed by atoms with E-state index in [0.717, 1.165) is 0 Å². The number of sulfonamides is 1. The second-order valence-corrected chi connectivity index (χ2v) is 16.5. The first kappa shape index (κ1) is 36.3. The number of rotatable bonds is 8. The molecule has 16 heteroatoms. The summed E-state index contributed by atoms with van der Waals surface area (Å²) in [4.78, 5) is 60.0. The minimum absolute atomic E-state index is 0.0103. The Kier molecular flexibility index (Phi) is 9.92. The quantitative estimate of drug-likeness (QED) is 0.294. The molecule has 0 bridgehead atoms. The molecule has 7 atom stereocenters. The molecule has 0 unspecified atom stereocenters. The summed E-state index contributed by atoms with van der Waals surface area (Å²) >= 11 is 0. The topological polar surface area (TPSA) is 193 Å². The van der Waals surface area contributed by atoms with Gasteiger partial charge >= 0.3 is 6.09 Å². The van der Waals surface area contributed by atoms with Gasteiger partial charge in [0.1, 0.15) is 46.6 Å². The van der Waals surface area contributed by atoms with Crippen LogP contribution < -0.4 is 24.8 Å². The average Bonchev–Trinajstić information content (AvgIpc) is 3.99. The van der Waals surface area contributed by atoms with Crippen LogP contribution in [0.5, 0.6) is 11.5 Å². The van der Waals surface area contributed by atoms with E-state index in [1.54, 1.807) is 43.5 Å². The Bertz CT molecular complexity index is 1850. The zero-order valence-corrected chi connectivity index (χ0v) is 29.6. The summed E-state index contributed by atoms with van der Waals surface area (Å²) in [7, 11) is -2.84. The molecule has 1 saturated heterocycles. The molecule has 6 rings (SSSR count). The lowest BCUT2D eigenvalue weighted by atomic mass is 9.88. The van der Waals surface area contributed by atoms with E-state index in [4.69, 9.17) is 9.47 Å². The van der Waals surface area contributed by atoms with Gasteiger partial charge < -0.3 is 30.1 Å². The number of hydrogen-bond donors (Lipinski definition) is 4. The van der Waals surface area contributed by atoms with E-state index in [9.17, 15) is 37.1 Å². The third-order valence-corrected chi connectivity index (χ3v) is 12.9. The SMILES string of the molecule is COc1ccc2c(O[C@@H]3C[C@H]4C(=O)N[C@]5(C(=O)NS(=O)(=O)C6(CF)CC6)C[C@H]5C=CCC[C@@H](C)C[C@@H](C)[C@H](NC(=O)O)C(=O)N4C3)ccnc2c1. The van der Waals surface area contributed by atoms with Gasteiger partial charge in [-0.3, -0.25) is 24.1 Å². The van der Waals surface area contributed by atoms with E-state index < -0.39 is 80.8 Å². The Morgan fingerprint density at radius 1 is 1.18 bits per heavy atom. The first-order chi connectivity index (χ1) is 24.2. The van der Waals surface area contributed by atoms with E-state index in [2.05, 4.69) is 20.3 Å². The normalized spacial score (nSPS) is 30.5. The molecule has 0 radical (unpaired) electrons. The van der Waals surface area contributed by atoms with Crippen LogP contribution in [0, 0.1) is 17.8 Å². The molecule has 0 spiro atoms. The van der Waals surface area contributed by atoms with E-state index in [-0.39, 0.29) is 38.1 Å². The van der Waals surface area contributed by atoms with Gasteiger partial charge in [0.15, 0.2) is 0 Å². The zero-order valence-electron chi connectivity index (χ0n) is 28.8. The van der Waals surface area contributed by atoms with E-state index in [0.29, 0.717) is 41.7 Å². The number of benzene rings is 1. The van der Waals surface area contributed by atoms with Gasteiger partial charge in [-0.1, -0.05) is 26.0 Å². The van der Waals surface area contributed by atoms with Crippen LogP contribution in [0.4, 0.5) is 9.18 Å². The van der Waals surface area contributed by atoms with Crippen LogP contribution in [-0.4, -0.2) is 96.0 Å². The van der Waals surface area contributed by atoms with Crippen LogP contribution in [0.1, 0.15) is 58.8 Å². The molecule has 4 N–H and O–H groups in total. The Hall–Kier alpha value is -4.47. The van der Waals surface area contributed by atoms with E-state index in [1.165, 1.54) is 12.0 Å². The van der Waals surface area contributed by atoms with Crippen molar-refractivity contribution in [3.63, 3.8) is 0 Å². The molecule has 4 amide bonds. The van der Waals surface area contributed by atoms with Gasteiger partial charge in [-0.05, 0) is 68.6 Å². The van der Waals surface area contributed by atoms with Crippen LogP contribution in [-0.2, 0) is 24.4 Å². The molecule has 14 nitrogen and oxygen atoms in total. The Morgan fingerprint density at radius 3 is 2.63 bits per heavy atom. The Morgan fingerprint density at radius 2 is 1.94 bits per heavy atom. The molecule has 1 aromatic carbocycles. The molecule has 4 aliphatic rings. The minimum Gasteiger partial charge on any atom is -0.497 e. The van der Waals surface area contributed by atoms with Crippen molar-refractivity contribution in [2.75, 3.05) is 20.3 Å². The molecule has 2 aliphatic carbocycles. The van der Waals surface area contributed by atoms with Crippen molar-refractivity contribution >= 4 is 44.7 Å². The maximum Gasteiger partial charge on any atom is 0.405 e. The van der Waals surface area contributed by atoms with Crippen LogP contribution in [0.3, 0.4) is 0 Å². The predicted molar refractivity (Wildman–Crippen MR) is 183 cm³/mol. The van der Waals surface area contributed by atoms with Crippen molar-refractivity contribution in [2.24, 2.45) is 17.8 Å². The van der Waals surface area contributed by atoms with E-state index >= 15 is 0 Å². The molecule has 3 fully saturated rings. The van der Waals surface area contributed by atoms with Gasteiger partial charge in [-0.25, -0.2) is 17.6 Å². The highest BCUT2D eigenvalue weighted by Gasteiger charge is 2.64. The number of carbonyl (C=O) groups is 4. The smallest absolute Gasteiger partial charge is 0.405 e. The van der Waals surface area contributed by atoms with Gasteiger partial charge in [0, 0.05) is 30.0 Å². The third kappa shape index (κ3) is 7.19. The lowest BCUT2D eigenvalue weighted by molar-refractivity contribution is -0.142. The second kappa shape index (κ2) is 13.9. The summed E-state index contributed by atoms with van der Waals surface area (Å²) in [5, 5.41) is 15.5. The molecule has 276 valence electrons. The number of alkyl halides is 1. The zero-order chi connectivity index (χ0) is 36.7. The number of aromatic nitrogens is 1. The first-order valence-electron chi connectivity index (χ1n) is 17.2. The van der Waals surface area contributed by atoms with Crippen LogP contribution in [0.2, 0.25) is 0 Å². The van der Waals surface area contributed by atoms with Gasteiger partial charge in [0.2, 0.25) is 21.8 Å². The number of amides is 4. The molecular formula is C35H44FN5O9S. The lowest BCUT2D eigenvalue weighted by Gasteiger charge is -2.32. The fraction of sp³-hybridized carbons (Fsp3) is 0.571. The number of carbonyl (C=O) groups excluding carboxylic acids is 3. The fourth-order valence-corrected chi connectivity index (χ4v) is 8.82. The van der Waals surface area contributed by atoms with Gasteiger partial charge in [-0.15, -0.1) is 0 Å². The number of fused-ring (bicyclic) bond motifs is 3. The van der Waals surface area contributed by atoms with Gasteiger partial charge in [0.05, 0.1) is 19.2 Å². The van der Waals surface area contributed by atoms with Gasteiger partial charge in [0.25, 0.3) is 5.91 Å². The summed E-state index contributed by atoms with van der Waals surface area (Å²) in [5.74, 6) is -2.15. The van der Waals surface area contributed by atoms with Crippen molar-refractivity contribution in [3.05, 3.63) is 42.6 Å². The second-order valence-electron chi connectivity index (χ2n) is 14.4. The number of methoxy groups -OCH3 is 1. The van der Waals surface area contributed by atoms with E-state index in [1.807, 2.05) is 13.0 Å². The fourth-order valence-electron chi connectivity index (χ4n) is 7.39. The first-order valence-corrected chi connectivity index (χ1v) is 18.7. The molecule has 1 aromatic heterocycles. The largest absolute Gasteiger partial charge is 0.497 e. The van der Waals surface area contributed by atoms with Crippen molar-refractivity contribution < 1.29 is 46.6 Å². The van der Waals surface area contributed by atoms with Crippen LogP contribution >= 0.6 is 0 Å². The maximum absolute atomic E-state index is 14.3. The number of nitrogens with zero attached hydrogens (tertiary/aromatic N) is 2. The summed E-state index contributed by atoms with van der Waals surface area (Å²) in [6.07, 6.45) is 5.19.